The van der Waals surface area contributed by atoms with Gasteiger partial charge in [-0.1, -0.05) is 13.3 Å². The molecule has 2 fully saturated rings. The van der Waals surface area contributed by atoms with Crippen LogP contribution in [0.1, 0.15) is 26.7 Å². The van der Waals surface area contributed by atoms with Gasteiger partial charge in [0.05, 0.1) is 18.2 Å². The van der Waals surface area contributed by atoms with Crippen molar-refractivity contribution in [1.82, 2.24) is 10.2 Å². The van der Waals surface area contributed by atoms with Crippen molar-refractivity contribution in [3.63, 3.8) is 0 Å². The van der Waals surface area contributed by atoms with E-state index in [0.29, 0.717) is 5.92 Å². The highest BCUT2D eigenvalue weighted by molar-refractivity contribution is 7.99. The topological polar surface area (TPSA) is 122 Å². The van der Waals surface area contributed by atoms with Crippen LogP contribution >= 0.6 is 11.8 Å². The van der Waals surface area contributed by atoms with E-state index in [0.717, 1.165) is 19.4 Å². The first-order valence-corrected chi connectivity index (χ1v) is 10.4. The van der Waals surface area contributed by atoms with Crippen LogP contribution in [0.5, 0.6) is 0 Å². The highest BCUT2D eigenvalue weighted by Gasteiger charge is 2.49. The van der Waals surface area contributed by atoms with E-state index in [-0.39, 0.29) is 6.17 Å². The summed E-state index contributed by atoms with van der Waals surface area (Å²) in [5.74, 6) is -0.985. The van der Waals surface area contributed by atoms with Crippen LogP contribution in [0.25, 0.3) is 0 Å². The molecule has 0 saturated carbocycles. The predicted octanol–water partition coefficient (Wildman–Crippen LogP) is -1.04. The summed E-state index contributed by atoms with van der Waals surface area (Å²) in [6.07, 6.45) is -2.96. The minimum atomic E-state index is -1.47. The third-order valence-corrected chi connectivity index (χ3v) is 6.39. The number of aliphatic hydroxyl groups is 4. The first-order valence-electron chi connectivity index (χ1n) is 9.12. The lowest BCUT2D eigenvalue weighted by Crippen LogP contribution is -2.62. The van der Waals surface area contributed by atoms with Crippen LogP contribution in [-0.4, -0.2) is 93.2 Å². The van der Waals surface area contributed by atoms with Crippen LogP contribution < -0.4 is 5.32 Å². The zero-order valence-corrected chi connectivity index (χ0v) is 16.6. The van der Waals surface area contributed by atoms with E-state index >= 15 is 0 Å². The summed E-state index contributed by atoms with van der Waals surface area (Å²) in [6, 6.07) is 0. The molecule has 5 N–H and O–H groups in total. The molecule has 0 aromatic rings. The lowest BCUT2D eigenvalue weighted by molar-refractivity contribution is -0.218. The molecule has 152 valence electrons. The number of carbonyl (C=O) groups excluding carboxylic acids is 1. The van der Waals surface area contributed by atoms with Gasteiger partial charge in [0.15, 0.2) is 0 Å². The molecule has 26 heavy (non-hydrogen) atoms. The van der Waals surface area contributed by atoms with E-state index in [4.69, 9.17) is 4.74 Å². The second kappa shape index (κ2) is 9.18. The van der Waals surface area contributed by atoms with Gasteiger partial charge in [-0.15, -0.1) is 11.8 Å². The fourth-order valence-electron chi connectivity index (χ4n) is 3.84. The Bertz CT molecular complexity index is 480. The van der Waals surface area contributed by atoms with Gasteiger partial charge in [0.2, 0.25) is 5.91 Å². The van der Waals surface area contributed by atoms with Gasteiger partial charge in [-0.2, -0.15) is 0 Å². The van der Waals surface area contributed by atoms with Crippen molar-refractivity contribution in [3.8, 4) is 0 Å². The normalized spacial score (nSPS) is 41.0. The molecule has 0 unspecified atom stereocenters. The molecule has 0 aromatic carbocycles. The quantitative estimate of drug-likeness (QED) is 0.388. The first-order chi connectivity index (χ1) is 12.2. The molecule has 9 heteroatoms. The lowest BCUT2D eigenvalue weighted by Gasteiger charge is -2.43. The SMILES string of the molecule is CC[C@@H]1C[C@@H](NC(=O)[C@H]([C@@H]2O[C@H](SC)[C@@H](O)[C@H](O)[C@H]2O)[C@H](C)O)N(C)C1. The predicted molar refractivity (Wildman–Crippen MR) is 98.3 cm³/mol. The molecule has 0 aliphatic carbocycles. The van der Waals surface area contributed by atoms with Crippen LogP contribution in [0, 0.1) is 11.8 Å². The Kier molecular flexibility index (Phi) is 7.73. The number of hydrogen-bond acceptors (Lipinski definition) is 8. The summed E-state index contributed by atoms with van der Waals surface area (Å²) in [7, 11) is 1.94. The van der Waals surface area contributed by atoms with Crippen LogP contribution in [0.4, 0.5) is 0 Å². The molecular weight excluding hydrogens is 360 g/mol. The number of nitrogens with one attached hydrogen (secondary N) is 1. The number of amides is 1. The van der Waals surface area contributed by atoms with Crippen LogP contribution in [0.15, 0.2) is 0 Å². The number of nitrogens with zero attached hydrogens (tertiary/aromatic N) is 1. The standard InChI is InChI=1S/C17H32N2O6S/c1-5-9-6-10(19(3)7-9)18-16(24)11(8(2)20)15-13(22)12(21)14(23)17(25-15)26-4/h8-15,17,20-23H,5-7H2,1-4H3,(H,18,24)/t8-,9+,10-,11-,12+,13+,14-,15-,17+/m0/s1. The Morgan fingerprint density at radius 1 is 1.31 bits per heavy atom. The second-order valence-electron chi connectivity index (χ2n) is 7.42. The summed E-state index contributed by atoms with van der Waals surface area (Å²) in [5.41, 5.74) is -0.786. The number of rotatable bonds is 6. The Morgan fingerprint density at radius 2 is 1.96 bits per heavy atom. The number of ether oxygens (including phenoxy) is 1. The van der Waals surface area contributed by atoms with Gasteiger partial charge in [-0.3, -0.25) is 9.69 Å². The Hall–Kier alpha value is -0.420. The van der Waals surface area contributed by atoms with Gasteiger partial charge in [-0.25, -0.2) is 0 Å². The van der Waals surface area contributed by atoms with Crippen molar-refractivity contribution in [3.05, 3.63) is 0 Å². The first kappa shape index (κ1) is 21.9. The number of thioether (sulfide) groups is 1. The molecule has 0 aromatic heterocycles. The minimum Gasteiger partial charge on any atom is -0.392 e. The number of hydrogen-bond donors (Lipinski definition) is 5. The molecule has 9 atom stereocenters. The van der Waals surface area contributed by atoms with E-state index in [1.165, 1.54) is 18.7 Å². The average molecular weight is 393 g/mol. The molecule has 0 spiro atoms. The number of likely N-dealkylation sites (tertiary alicyclic amines) is 1. The maximum atomic E-state index is 12.9. The Morgan fingerprint density at radius 3 is 2.46 bits per heavy atom. The van der Waals surface area contributed by atoms with E-state index in [2.05, 4.69) is 17.1 Å². The van der Waals surface area contributed by atoms with Gasteiger partial charge in [0.25, 0.3) is 0 Å². The summed E-state index contributed by atoms with van der Waals surface area (Å²) in [6.45, 7) is 4.46. The maximum absolute atomic E-state index is 12.9. The fourth-order valence-corrected chi connectivity index (χ4v) is 4.52. The molecule has 0 bridgehead atoms. The molecule has 8 nitrogen and oxygen atoms in total. The highest BCUT2D eigenvalue weighted by atomic mass is 32.2. The van der Waals surface area contributed by atoms with E-state index in [1.54, 1.807) is 6.26 Å². The molecule has 1 amide bonds. The van der Waals surface area contributed by atoms with Crippen LogP contribution in [0.2, 0.25) is 0 Å². The lowest BCUT2D eigenvalue weighted by atomic mass is 9.86. The van der Waals surface area contributed by atoms with Crippen molar-refractivity contribution >= 4 is 17.7 Å². The second-order valence-corrected chi connectivity index (χ2v) is 8.35. The fraction of sp³-hybridized carbons (Fsp3) is 0.941. The zero-order chi connectivity index (χ0) is 19.6. The highest BCUT2D eigenvalue weighted by Crippen LogP contribution is 2.32. The number of aliphatic hydroxyl groups excluding tert-OH is 4. The average Bonchev–Trinajstić information content (AvgIpc) is 2.94. The molecule has 2 saturated heterocycles. The van der Waals surface area contributed by atoms with Crippen molar-refractivity contribution in [2.45, 2.75) is 68.8 Å². The van der Waals surface area contributed by atoms with E-state index in [9.17, 15) is 25.2 Å². The molecule has 2 heterocycles. The maximum Gasteiger partial charge on any atom is 0.229 e. The zero-order valence-electron chi connectivity index (χ0n) is 15.8. The summed E-state index contributed by atoms with van der Waals surface area (Å²) < 4.78 is 5.68. The van der Waals surface area contributed by atoms with Crippen molar-refractivity contribution in [2.75, 3.05) is 19.8 Å². The van der Waals surface area contributed by atoms with Crippen molar-refractivity contribution in [2.24, 2.45) is 11.8 Å². The van der Waals surface area contributed by atoms with Gasteiger partial charge >= 0.3 is 0 Å². The molecule has 2 aliphatic rings. The van der Waals surface area contributed by atoms with E-state index in [1.807, 2.05) is 7.05 Å². The number of carbonyl (C=O) groups is 1. The monoisotopic (exact) mass is 392 g/mol. The molecule has 0 radical (unpaired) electrons. The Balaban J connectivity index is 2.13. The van der Waals surface area contributed by atoms with E-state index < -0.39 is 47.8 Å². The third kappa shape index (κ3) is 4.52. The van der Waals surface area contributed by atoms with Crippen molar-refractivity contribution in [1.29, 1.82) is 0 Å². The smallest absolute Gasteiger partial charge is 0.229 e. The minimum absolute atomic E-state index is 0.138. The summed E-state index contributed by atoms with van der Waals surface area (Å²) in [4.78, 5) is 14.9. The van der Waals surface area contributed by atoms with Crippen LogP contribution in [-0.2, 0) is 9.53 Å². The largest absolute Gasteiger partial charge is 0.392 e. The molecular formula is C17H32N2O6S. The summed E-state index contributed by atoms with van der Waals surface area (Å²) in [5, 5.41) is 43.5. The van der Waals surface area contributed by atoms with Gasteiger partial charge < -0.3 is 30.5 Å². The van der Waals surface area contributed by atoms with Crippen molar-refractivity contribution < 1.29 is 30.0 Å². The van der Waals surface area contributed by atoms with Gasteiger partial charge in [0.1, 0.15) is 29.9 Å². The van der Waals surface area contributed by atoms with Gasteiger partial charge in [-0.05, 0) is 32.6 Å². The van der Waals surface area contributed by atoms with Crippen LogP contribution in [0.3, 0.4) is 0 Å². The molecule has 2 rings (SSSR count). The van der Waals surface area contributed by atoms with Gasteiger partial charge in [0, 0.05) is 6.54 Å². The third-order valence-electron chi connectivity index (χ3n) is 5.54. The molecule has 2 aliphatic heterocycles. The summed E-state index contributed by atoms with van der Waals surface area (Å²) >= 11 is 1.18. The Labute approximate surface area is 158 Å².